The van der Waals surface area contributed by atoms with E-state index >= 15 is 0 Å². The lowest BCUT2D eigenvalue weighted by atomic mass is 9.78. The Balaban J connectivity index is 2.22. The Bertz CT molecular complexity index is 953. The van der Waals surface area contributed by atoms with Crippen molar-refractivity contribution in [3.05, 3.63) is 58.9 Å². The van der Waals surface area contributed by atoms with Crippen LogP contribution >= 0.6 is 0 Å². The number of fused-ring (bicyclic) bond motifs is 1. The molecule has 0 spiro atoms. The van der Waals surface area contributed by atoms with Crippen molar-refractivity contribution in [2.45, 2.75) is 58.5 Å². The summed E-state index contributed by atoms with van der Waals surface area (Å²) < 4.78 is 1.93. The van der Waals surface area contributed by atoms with Crippen LogP contribution in [0.1, 0.15) is 70.2 Å². The summed E-state index contributed by atoms with van der Waals surface area (Å²) in [4.78, 5) is 4.65. The van der Waals surface area contributed by atoms with Gasteiger partial charge in [0.1, 0.15) is 17.7 Å². The minimum absolute atomic E-state index is 0.244. The van der Waals surface area contributed by atoms with Crippen molar-refractivity contribution in [2.75, 3.05) is 0 Å². The Hall–Kier alpha value is -2.33. The molecule has 3 aromatic rings. The summed E-state index contributed by atoms with van der Waals surface area (Å²) in [7, 11) is 1.92. The first-order valence-corrected chi connectivity index (χ1v) is 9.38. The van der Waals surface area contributed by atoms with E-state index in [1.54, 1.807) is 0 Å². The van der Waals surface area contributed by atoms with Gasteiger partial charge in [-0.3, -0.25) is 0 Å². The molecule has 144 valence electrons. The highest BCUT2D eigenvalue weighted by atomic mass is 16.3. The number of para-hydroxylation sites is 2. The van der Waals surface area contributed by atoms with Gasteiger partial charge in [-0.05, 0) is 51.8 Å². The molecule has 27 heavy (non-hydrogen) atoms. The lowest BCUT2D eigenvalue weighted by Gasteiger charge is -2.29. The molecule has 0 aliphatic rings. The smallest absolute Gasteiger partial charge is 0.143 e. The second-order valence-corrected chi connectivity index (χ2v) is 9.38. The third kappa shape index (κ3) is 3.46. The standard InChI is InChI=1S/C23H30N2O2/c1-22(2,3)15-12-14(13-16(20(15)27)23(4,5)6)19(26)21-24-17-10-8-9-11-18(17)25(21)7/h8-13,19,26-27H,1-7H3/t19-/m1/s1. The largest absolute Gasteiger partial charge is 0.507 e. The third-order valence-electron chi connectivity index (χ3n) is 5.13. The summed E-state index contributed by atoms with van der Waals surface area (Å²) in [5.74, 6) is 0.914. The highest BCUT2D eigenvalue weighted by Crippen LogP contribution is 2.41. The first-order chi connectivity index (χ1) is 12.4. The Kier molecular flexibility index (Phi) is 4.59. The van der Waals surface area contributed by atoms with Crippen LogP contribution in [0.15, 0.2) is 36.4 Å². The number of aliphatic hydroxyl groups is 1. The van der Waals surface area contributed by atoms with Crippen LogP contribution in [0.2, 0.25) is 0 Å². The number of benzene rings is 2. The van der Waals surface area contributed by atoms with Crippen LogP contribution in [-0.4, -0.2) is 19.8 Å². The normalized spacial score (nSPS) is 13.9. The van der Waals surface area contributed by atoms with Gasteiger partial charge in [-0.25, -0.2) is 4.98 Å². The van der Waals surface area contributed by atoms with Crippen LogP contribution in [0.4, 0.5) is 0 Å². The summed E-state index contributed by atoms with van der Waals surface area (Å²) in [5, 5.41) is 22.1. The van der Waals surface area contributed by atoms with Crippen LogP contribution in [0.25, 0.3) is 11.0 Å². The minimum Gasteiger partial charge on any atom is -0.507 e. The van der Waals surface area contributed by atoms with Crippen LogP contribution in [-0.2, 0) is 17.9 Å². The fraction of sp³-hybridized carbons (Fsp3) is 0.435. The number of aromatic nitrogens is 2. The summed E-state index contributed by atoms with van der Waals surface area (Å²) >= 11 is 0. The van der Waals surface area contributed by atoms with Crippen molar-refractivity contribution in [1.29, 1.82) is 0 Å². The molecule has 0 amide bonds. The Labute approximate surface area is 161 Å². The van der Waals surface area contributed by atoms with Gasteiger partial charge in [0.05, 0.1) is 11.0 Å². The number of aryl methyl sites for hydroxylation is 1. The van der Waals surface area contributed by atoms with E-state index in [0.717, 1.165) is 27.7 Å². The average molecular weight is 367 g/mol. The van der Waals surface area contributed by atoms with Crippen molar-refractivity contribution >= 4 is 11.0 Å². The highest BCUT2D eigenvalue weighted by Gasteiger charge is 2.29. The zero-order valence-corrected chi connectivity index (χ0v) is 17.3. The van der Waals surface area contributed by atoms with Gasteiger partial charge < -0.3 is 14.8 Å². The average Bonchev–Trinajstić information content (AvgIpc) is 2.89. The zero-order valence-electron chi connectivity index (χ0n) is 17.3. The molecule has 0 unspecified atom stereocenters. The van der Waals surface area contributed by atoms with Gasteiger partial charge in [0, 0.05) is 7.05 Å². The number of rotatable bonds is 2. The minimum atomic E-state index is -0.870. The van der Waals surface area contributed by atoms with Crippen LogP contribution in [0.3, 0.4) is 0 Å². The molecule has 2 N–H and O–H groups in total. The van der Waals surface area contributed by atoms with Gasteiger partial charge in [0.25, 0.3) is 0 Å². The quantitative estimate of drug-likeness (QED) is 0.674. The molecule has 0 aliphatic heterocycles. The summed E-state index contributed by atoms with van der Waals surface area (Å²) in [5.41, 5.74) is 3.78. The molecule has 2 aromatic carbocycles. The molecule has 3 rings (SSSR count). The van der Waals surface area contributed by atoms with Crippen molar-refractivity contribution in [3.63, 3.8) is 0 Å². The second-order valence-electron chi connectivity index (χ2n) is 9.38. The molecule has 0 bridgehead atoms. The highest BCUT2D eigenvalue weighted by molar-refractivity contribution is 5.76. The molecule has 0 aliphatic carbocycles. The number of aromatic hydroxyl groups is 1. The van der Waals surface area contributed by atoms with E-state index in [4.69, 9.17) is 0 Å². The van der Waals surface area contributed by atoms with Gasteiger partial charge in [-0.1, -0.05) is 53.7 Å². The van der Waals surface area contributed by atoms with Gasteiger partial charge in [0.15, 0.2) is 0 Å². The number of hydrogen-bond acceptors (Lipinski definition) is 3. The molecule has 1 heterocycles. The monoisotopic (exact) mass is 366 g/mol. The van der Waals surface area contributed by atoms with Gasteiger partial charge in [-0.2, -0.15) is 0 Å². The molecule has 0 fully saturated rings. The maximum absolute atomic E-state index is 11.2. The number of phenolic OH excluding ortho intramolecular Hbond substituents is 1. The van der Waals surface area contributed by atoms with E-state index in [1.807, 2.05) is 48.0 Å². The SMILES string of the molecule is Cn1c([C@H](O)c2cc(C(C)(C)C)c(O)c(C(C)(C)C)c2)nc2ccccc21. The Morgan fingerprint density at radius 2 is 1.44 bits per heavy atom. The molecular formula is C23H30N2O2. The van der Waals surface area contributed by atoms with E-state index in [9.17, 15) is 10.2 Å². The fourth-order valence-electron chi connectivity index (χ4n) is 3.52. The molecule has 1 aromatic heterocycles. The predicted molar refractivity (Wildman–Crippen MR) is 110 cm³/mol. The van der Waals surface area contributed by atoms with Crippen LogP contribution in [0.5, 0.6) is 5.75 Å². The van der Waals surface area contributed by atoms with E-state index in [0.29, 0.717) is 11.6 Å². The molecular weight excluding hydrogens is 336 g/mol. The summed E-state index contributed by atoms with van der Waals surface area (Å²) in [6.07, 6.45) is -0.870. The number of phenols is 1. The fourth-order valence-corrected chi connectivity index (χ4v) is 3.52. The van der Waals surface area contributed by atoms with E-state index < -0.39 is 6.10 Å². The number of imidazole rings is 1. The molecule has 4 heteroatoms. The molecule has 0 radical (unpaired) electrons. The van der Waals surface area contributed by atoms with E-state index in [1.165, 1.54) is 0 Å². The maximum atomic E-state index is 11.2. The zero-order chi connectivity index (χ0) is 20.1. The number of hydrogen-bond donors (Lipinski definition) is 2. The van der Waals surface area contributed by atoms with Crippen molar-refractivity contribution in [2.24, 2.45) is 7.05 Å². The molecule has 1 atom stereocenters. The van der Waals surface area contributed by atoms with Crippen molar-refractivity contribution in [1.82, 2.24) is 9.55 Å². The number of nitrogens with zero attached hydrogens (tertiary/aromatic N) is 2. The molecule has 0 saturated heterocycles. The second kappa shape index (κ2) is 6.38. The van der Waals surface area contributed by atoms with Gasteiger partial charge in [-0.15, -0.1) is 0 Å². The van der Waals surface area contributed by atoms with Crippen LogP contribution < -0.4 is 0 Å². The first kappa shape index (κ1) is 19.4. The summed E-state index contributed by atoms with van der Waals surface area (Å²) in [6.45, 7) is 12.4. The third-order valence-corrected chi connectivity index (χ3v) is 5.13. The first-order valence-electron chi connectivity index (χ1n) is 9.38. The van der Waals surface area contributed by atoms with Crippen molar-refractivity contribution in [3.8, 4) is 5.75 Å². The lowest BCUT2D eigenvalue weighted by Crippen LogP contribution is -2.19. The van der Waals surface area contributed by atoms with Gasteiger partial charge >= 0.3 is 0 Å². The topological polar surface area (TPSA) is 58.3 Å². The molecule has 0 saturated carbocycles. The number of aliphatic hydroxyl groups excluding tert-OH is 1. The Morgan fingerprint density at radius 3 is 1.93 bits per heavy atom. The predicted octanol–water partition coefficient (Wildman–Crippen LogP) is 4.96. The Morgan fingerprint density at radius 1 is 0.926 bits per heavy atom. The van der Waals surface area contributed by atoms with E-state index in [-0.39, 0.29) is 10.8 Å². The van der Waals surface area contributed by atoms with Crippen LogP contribution in [0, 0.1) is 0 Å². The van der Waals surface area contributed by atoms with Crippen molar-refractivity contribution < 1.29 is 10.2 Å². The lowest BCUT2D eigenvalue weighted by molar-refractivity contribution is 0.206. The van der Waals surface area contributed by atoms with Gasteiger partial charge in [0.2, 0.25) is 0 Å². The molecule has 4 nitrogen and oxygen atoms in total. The maximum Gasteiger partial charge on any atom is 0.143 e. The van der Waals surface area contributed by atoms with E-state index in [2.05, 4.69) is 46.5 Å². The summed E-state index contributed by atoms with van der Waals surface area (Å²) in [6, 6.07) is 11.7.